The van der Waals surface area contributed by atoms with Gasteiger partial charge in [-0.15, -0.1) is 0 Å². The molecule has 3 aliphatic rings. The molecule has 0 heterocycles. The van der Waals surface area contributed by atoms with Gasteiger partial charge in [0.25, 0.3) is 0 Å². The van der Waals surface area contributed by atoms with E-state index in [4.69, 9.17) is 4.74 Å². The van der Waals surface area contributed by atoms with Gasteiger partial charge in [0.15, 0.2) is 0 Å². The van der Waals surface area contributed by atoms with Crippen LogP contribution in [-0.2, 0) is 12.8 Å². The third kappa shape index (κ3) is 2.44. The maximum Gasteiger partial charge on any atom is 0.120 e. The number of benzene rings is 1. The van der Waals surface area contributed by atoms with Gasteiger partial charge in [-0.25, -0.2) is 0 Å². The molecule has 1 aromatic rings. The first kappa shape index (κ1) is 14.1. The summed E-state index contributed by atoms with van der Waals surface area (Å²) in [6, 6.07) is 6.81. The summed E-state index contributed by atoms with van der Waals surface area (Å²) in [7, 11) is 0. The van der Waals surface area contributed by atoms with E-state index in [1.54, 1.807) is 5.56 Å². The lowest BCUT2D eigenvalue weighted by atomic mass is 9.61. The molecule has 114 valence electrons. The highest BCUT2D eigenvalue weighted by Gasteiger charge is 2.54. The molecule has 1 spiro atoms. The molecule has 0 N–H and O–H groups in total. The fraction of sp³-hybridized carbons (Fsp3) is 0.684. The lowest BCUT2D eigenvalue weighted by Crippen LogP contribution is -2.56. The fourth-order valence-corrected chi connectivity index (χ4v) is 5.76. The lowest BCUT2D eigenvalue weighted by Gasteiger charge is -2.53. The van der Waals surface area contributed by atoms with Crippen LogP contribution in [0.25, 0.3) is 0 Å². The van der Waals surface area contributed by atoms with Gasteiger partial charge in [0.05, 0.1) is 0 Å². The summed E-state index contributed by atoms with van der Waals surface area (Å²) in [5, 5.41) is 0. The van der Waals surface area contributed by atoms with Crippen LogP contribution in [0.5, 0.6) is 5.75 Å². The Morgan fingerprint density at radius 2 is 1.71 bits per heavy atom. The van der Waals surface area contributed by atoms with Gasteiger partial charge in [-0.05, 0) is 61.8 Å². The molecule has 4 rings (SSSR count). The van der Waals surface area contributed by atoms with E-state index in [0.29, 0.717) is 16.3 Å². The van der Waals surface area contributed by atoms with Gasteiger partial charge in [-0.3, -0.25) is 0 Å². The molecule has 0 saturated heterocycles. The van der Waals surface area contributed by atoms with Gasteiger partial charge in [-0.2, -0.15) is 0 Å². The van der Waals surface area contributed by atoms with Crippen LogP contribution < -0.4 is 4.74 Å². The second-order valence-electron chi connectivity index (χ2n) is 7.24. The molecule has 3 aliphatic carbocycles. The Morgan fingerprint density at radius 3 is 2.48 bits per heavy atom. The van der Waals surface area contributed by atoms with E-state index in [2.05, 4.69) is 34.1 Å². The average Bonchev–Trinajstić information content (AvgIpc) is 2.79. The average molecular weight is 349 g/mol. The Morgan fingerprint density at radius 1 is 0.952 bits per heavy atom. The van der Waals surface area contributed by atoms with E-state index in [9.17, 15) is 0 Å². The van der Waals surface area contributed by atoms with Gasteiger partial charge in [0, 0.05) is 10.2 Å². The van der Waals surface area contributed by atoms with E-state index in [-0.39, 0.29) is 0 Å². The molecule has 0 aliphatic heterocycles. The van der Waals surface area contributed by atoms with Crippen LogP contribution in [0.2, 0.25) is 0 Å². The molecule has 1 aromatic carbocycles. The molecule has 0 amide bonds. The topological polar surface area (TPSA) is 9.23 Å². The molecular weight excluding hydrogens is 324 g/mol. The maximum atomic E-state index is 6.46. The minimum absolute atomic E-state index is 0.412. The Hall–Kier alpha value is -0.500. The highest BCUT2D eigenvalue weighted by Crippen LogP contribution is 2.55. The van der Waals surface area contributed by atoms with Crippen LogP contribution in [0.3, 0.4) is 0 Å². The monoisotopic (exact) mass is 348 g/mol. The minimum Gasteiger partial charge on any atom is -0.490 e. The largest absolute Gasteiger partial charge is 0.490 e. The van der Waals surface area contributed by atoms with Crippen molar-refractivity contribution in [1.82, 2.24) is 0 Å². The number of alkyl halides is 1. The summed E-state index contributed by atoms with van der Waals surface area (Å²) in [4.78, 5) is 0.669. The summed E-state index contributed by atoms with van der Waals surface area (Å²) in [5.74, 6) is 1.11. The molecule has 0 radical (unpaired) electrons. The lowest BCUT2D eigenvalue weighted by molar-refractivity contribution is -0.0462. The van der Waals surface area contributed by atoms with Crippen LogP contribution in [0, 0.1) is 5.41 Å². The number of fused-ring (bicyclic) bond motifs is 1. The Bertz CT molecular complexity index is 516. The number of halogens is 1. The smallest absolute Gasteiger partial charge is 0.120 e. The van der Waals surface area contributed by atoms with E-state index >= 15 is 0 Å². The van der Waals surface area contributed by atoms with Gasteiger partial charge in [0.2, 0.25) is 0 Å². The highest BCUT2D eigenvalue weighted by molar-refractivity contribution is 9.09. The second kappa shape index (κ2) is 5.61. The van der Waals surface area contributed by atoms with Crippen molar-refractivity contribution in [2.45, 2.75) is 75.1 Å². The van der Waals surface area contributed by atoms with Crippen molar-refractivity contribution >= 4 is 15.9 Å². The van der Waals surface area contributed by atoms with Crippen LogP contribution in [0.15, 0.2) is 18.2 Å². The zero-order valence-electron chi connectivity index (χ0n) is 12.7. The third-order valence-electron chi connectivity index (χ3n) is 6.07. The van der Waals surface area contributed by atoms with Crippen molar-refractivity contribution in [1.29, 1.82) is 0 Å². The molecule has 2 atom stereocenters. The third-order valence-corrected chi connectivity index (χ3v) is 7.35. The highest BCUT2D eigenvalue weighted by atomic mass is 79.9. The summed E-state index contributed by atoms with van der Waals surface area (Å²) >= 11 is 3.94. The van der Waals surface area contributed by atoms with Crippen molar-refractivity contribution in [3.05, 3.63) is 29.3 Å². The van der Waals surface area contributed by atoms with E-state index in [0.717, 1.165) is 5.75 Å². The first-order valence-electron chi connectivity index (χ1n) is 8.70. The van der Waals surface area contributed by atoms with Gasteiger partial charge in [0.1, 0.15) is 11.9 Å². The summed E-state index contributed by atoms with van der Waals surface area (Å²) in [6.07, 6.45) is 13.7. The van der Waals surface area contributed by atoms with E-state index in [1.165, 1.54) is 69.8 Å². The number of rotatable bonds is 2. The molecule has 21 heavy (non-hydrogen) atoms. The van der Waals surface area contributed by atoms with Crippen molar-refractivity contribution in [2.24, 2.45) is 5.41 Å². The predicted octanol–water partition coefficient (Wildman–Crippen LogP) is 5.43. The van der Waals surface area contributed by atoms with Crippen molar-refractivity contribution in [3.63, 3.8) is 0 Å². The summed E-state index contributed by atoms with van der Waals surface area (Å²) in [5.41, 5.74) is 3.48. The van der Waals surface area contributed by atoms with Crippen LogP contribution >= 0.6 is 15.9 Å². The molecule has 1 nitrogen and oxygen atoms in total. The zero-order chi connectivity index (χ0) is 14.3. The van der Waals surface area contributed by atoms with Crippen molar-refractivity contribution in [2.75, 3.05) is 0 Å². The summed E-state index contributed by atoms with van der Waals surface area (Å²) in [6.45, 7) is 0. The van der Waals surface area contributed by atoms with Gasteiger partial charge < -0.3 is 4.74 Å². The Labute approximate surface area is 136 Å². The molecule has 0 aromatic heterocycles. The standard InChI is InChI=1S/C19H25BrO/c20-17-13-18(19(17)10-3-1-2-4-11-19)21-16-9-8-14-6-5-7-15(14)12-16/h8-9,12,17-18H,1-7,10-11,13H2. The number of aryl methyl sites for hydroxylation is 2. The maximum absolute atomic E-state index is 6.46. The van der Waals surface area contributed by atoms with E-state index in [1.807, 2.05) is 0 Å². The minimum atomic E-state index is 0.412. The Kier molecular flexibility index (Phi) is 3.77. The normalized spacial score (nSPS) is 30.5. The molecule has 2 fully saturated rings. The van der Waals surface area contributed by atoms with Gasteiger partial charge >= 0.3 is 0 Å². The zero-order valence-corrected chi connectivity index (χ0v) is 14.3. The molecule has 2 heteroatoms. The molecule has 2 saturated carbocycles. The number of ether oxygens (including phenoxy) is 1. The molecule has 0 bridgehead atoms. The molecule has 2 unspecified atom stereocenters. The van der Waals surface area contributed by atoms with Crippen molar-refractivity contribution in [3.8, 4) is 5.75 Å². The van der Waals surface area contributed by atoms with E-state index < -0.39 is 0 Å². The van der Waals surface area contributed by atoms with Gasteiger partial charge in [-0.1, -0.05) is 47.7 Å². The molecular formula is C19H25BrO. The number of hydrogen-bond acceptors (Lipinski definition) is 1. The van der Waals surface area contributed by atoms with Crippen LogP contribution in [0.4, 0.5) is 0 Å². The van der Waals surface area contributed by atoms with Crippen LogP contribution in [0.1, 0.15) is 62.5 Å². The first-order chi connectivity index (χ1) is 10.3. The summed E-state index contributed by atoms with van der Waals surface area (Å²) < 4.78 is 6.46. The first-order valence-corrected chi connectivity index (χ1v) is 9.62. The quantitative estimate of drug-likeness (QED) is 0.647. The fourth-order valence-electron chi connectivity index (χ4n) is 4.67. The second-order valence-corrected chi connectivity index (χ2v) is 8.35. The Balaban J connectivity index is 1.51. The predicted molar refractivity (Wildman–Crippen MR) is 90.4 cm³/mol. The SMILES string of the molecule is BrC1CC(Oc2ccc3c(c2)CCC3)C12CCCCCC2. The van der Waals surface area contributed by atoms with Crippen LogP contribution in [-0.4, -0.2) is 10.9 Å². The number of hydrogen-bond donors (Lipinski definition) is 0. The van der Waals surface area contributed by atoms with Crippen molar-refractivity contribution < 1.29 is 4.74 Å².